The van der Waals surface area contributed by atoms with Crippen molar-refractivity contribution in [1.29, 1.82) is 0 Å². The van der Waals surface area contributed by atoms with Gasteiger partial charge in [-0.1, -0.05) is 23.5 Å². The topological polar surface area (TPSA) is 131 Å². The number of hydrogen-bond acceptors (Lipinski definition) is 10. The van der Waals surface area contributed by atoms with Crippen LogP contribution in [0.15, 0.2) is 30.0 Å². The van der Waals surface area contributed by atoms with E-state index in [9.17, 15) is 14.7 Å². The fourth-order valence-electron chi connectivity index (χ4n) is 6.22. The van der Waals surface area contributed by atoms with Gasteiger partial charge in [-0.15, -0.1) is 0 Å². The molecule has 0 spiro atoms. The van der Waals surface area contributed by atoms with Crippen LogP contribution in [0.4, 0.5) is 9.59 Å². The molecule has 12 nitrogen and oxygen atoms in total. The van der Waals surface area contributed by atoms with Crippen molar-refractivity contribution >= 4 is 35.0 Å². The molecule has 0 radical (unpaired) electrons. The summed E-state index contributed by atoms with van der Waals surface area (Å²) in [4.78, 5) is 52.8. The minimum Gasteiger partial charge on any atom is -0.496 e. The van der Waals surface area contributed by atoms with E-state index >= 15 is 4.79 Å². The van der Waals surface area contributed by atoms with Gasteiger partial charge in [0, 0.05) is 37.4 Å². The Balaban J connectivity index is 1.63. The Hall–Kier alpha value is -3.84. The van der Waals surface area contributed by atoms with E-state index in [-0.39, 0.29) is 44.7 Å². The maximum Gasteiger partial charge on any atom is 0.411 e. The molecule has 2 fully saturated rings. The van der Waals surface area contributed by atoms with Crippen molar-refractivity contribution in [1.82, 2.24) is 19.7 Å². The molecule has 1 saturated heterocycles. The molecule has 1 aromatic carbocycles. The minimum absolute atomic E-state index is 0.0278. The van der Waals surface area contributed by atoms with Crippen molar-refractivity contribution in [3.8, 4) is 10.9 Å². The number of ether oxygens (including phenoxy) is 4. The summed E-state index contributed by atoms with van der Waals surface area (Å²) in [5.41, 5.74) is 1.61. The fourth-order valence-corrected chi connectivity index (χ4v) is 7.08. The third-order valence-electron chi connectivity index (χ3n) is 8.44. The molecule has 2 aromatic rings. The van der Waals surface area contributed by atoms with Crippen LogP contribution in [0.3, 0.4) is 0 Å². The van der Waals surface area contributed by atoms with Gasteiger partial charge < -0.3 is 33.9 Å². The minimum atomic E-state index is -0.807. The zero-order chi connectivity index (χ0) is 35.0. The lowest BCUT2D eigenvalue weighted by atomic mass is 9.83. The van der Waals surface area contributed by atoms with Gasteiger partial charge in [-0.05, 0) is 90.5 Å². The van der Waals surface area contributed by atoms with Crippen LogP contribution >= 0.6 is 11.3 Å². The van der Waals surface area contributed by atoms with Crippen LogP contribution in [0.2, 0.25) is 0 Å². The van der Waals surface area contributed by atoms with Gasteiger partial charge in [0.1, 0.15) is 23.6 Å². The lowest BCUT2D eigenvalue weighted by Gasteiger charge is -2.51. The van der Waals surface area contributed by atoms with Crippen LogP contribution in [0.5, 0.6) is 10.9 Å². The summed E-state index contributed by atoms with van der Waals surface area (Å²) in [5.74, 6) is 0.538. The largest absolute Gasteiger partial charge is 0.496 e. The van der Waals surface area contributed by atoms with Crippen molar-refractivity contribution in [3.63, 3.8) is 0 Å². The Labute approximate surface area is 286 Å². The van der Waals surface area contributed by atoms with E-state index in [2.05, 4.69) is 4.98 Å². The van der Waals surface area contributed by atoms with Gasteiger partial charge in [-0.25, -0.2) is 14.6 Å². The summed E-state index contributed by atoms with van der Waals surface area (Å²) < 4.78 is 22.8. The molecule has 13 heteroatoms. The molecule has 3 aliphatic rings. The molecule has 2 unspecified atom stereocenters. The predicted octanol–water partition coefficient (Wildman–Crippen LogP) is 5.40. The van der Waals surface area contributed by atoms with E-state index in [4.69, 9.17) is 18.9 Å². The maximum absolute atomic E-state index is 15.1. The van der Waals surface area contributed by atoms with Gasteiger partial charge >= 0.3 is 12.2 Å². The SMILES string of the molecule is COc1cccc(CN(C(=O)C2=C(c3cnc(OCCO)s3)CC3CN(C(=O)OC(C)(C)C)CC2N3C(=O)OC(C)(C)C)C2CC2)c1C. The molecule has 2 bridgehead atoms. The summed E-state index contributed by atoms with van der Waals surface area (Å²) in [6.45, 7) is 13.4. The second-order valence-electron chi connectivity index (χ2n) is 14.5. The number of fused-ring (bicyclic) bond motifs is 2. The predicted molar refractivity (Wildman–Crippen MR) is 181 cm³/mol. The summed E-state index contributed by atoms with van der Waals surface area (Å²) in [6.07, 6.45) is 2.66. The Morgan fingerprint density at radius 1 is 1.04 bits per heavy atom. The third-order valence-corrected chi connectivity index (χ3v) is 9.41. The van der Waals surface area contributed by atoms with Crippen LogP contribution in [0.1, 0.15) is 76.8 Å². The maximum atomic E-state index is 15.1. The summed E-state index contributed by atoms with van der Waals surface area (Å²) >= 11 is 1.29. The first-order valence-electron chi connectivity index (χ1n) is 16.5. The Kier molecular flexibility index (Phi) is 10.3. The first kappa shape index (κ1) is 35.5. The number of nitrogens with zero attached hydrogens (tertiary/aromatic N) is 4. The van der Waals surface area contributed by atoms with Crippen LogP contribution < -0.4 is 9.47 Å². The van der Waals surface area contributed by atoms with Gasteiger partial charge in [-0.3, -0.25) is 9.69 Å². The average Bonchev–Trinajstić information content (AvgIpc) is 3.73. The van der Waals surface area contributed by atoms with Crippen molar-refractivity contribution in [3.05, 3.63) is 46.0 Å². The highest BCUT2D eigenvalue weighted by Crippen LogP contribution is 2.44. The van der Waals surface area contributed by atoms with Crippen LogP contribution in [-0.2, 0) is 20.8 Å². The Morgan fingerprint density at radius 2 is 1.73 bits per heavy atom. The summed E-state index contributed by atoms with van der Waals surface area (Å²) in [5, 5.41) is 9.67. The number of amides is 3. The normalized spacial score (nSPS) is 19.6. The van der Waals surface area contributed by atoms with Gasteiger partial charge in [0.15, 0.2) is 0 Å². The number of benzene rings is 1. The first-order chi connectivity index (χ1) is 22.6. The highest BCUT2D eigenvalue weighted by molar-refractivity contribution is 7.14. The monoisotopic (exact) mass is 684 g/mol. The number of thiazole rings is 1. The standard InChI is InChI=1S/C35H48N4O8S/c1-21-22(10-9-11-27(21)44-8)18-38(23-12-13-23)30(41)29-25(28-17-36-31(48-28)45-15-14-40)16-24-19-37(32(42)46-34(2,3)4)20-26(29)39(24)33(43)47-35(5,6)7/h9-11,17,23-24,26,40H,12-16,18-20H2,1-8H3. The van der Waals surface area contributed by atoms with Gasteiger partial charge in [0.2, 0.25) is 0 Å². The third kappa shape index (κ3) is 8.06. The number of aliphatic hydroxyl groups is 1. The molecule has 3 amide bonds. The van der Waals surface area contributed by atoms with E-state index in [0.717, 1.165) is 40.2 Å². The molecule has 262 valence electrons. The lowest BCUT2D eigenvalue weighted by molar-refractivity contribution is -0.129. The second-order valence-corrected chi connectivity index (χ2v) is 15.5. The summed E-state index contributed by atoms with van der Waals surface area (Å²) in [7, 11) is 1.63. The number of aliphatic hydroxyl groups excluding tert-OH is 1. The number of aromatic nitrogens is 1. The molecule has 2 atom stereocenters. The van der Waals surface area contributed by atoms with E-state index < -0.39 is 35.5 Å². The molecular weight excluding hydrogens is 636 g/mol. The fraction of sp³-hybridized carbons (Fsp3) is 0.600. The van der Waals surface area contributed by atoms with Crippen LogP contribution in [-0.4, -0.2) is 106 Å². The van der Waals surface area contributed by atoms with Crippen molar-refractivity contribution in [2.24, 2.45) is 0 Å². The molecule has 48 heavy (non-hydrogen) atoms. The number of carbonyl (C=O) groups is 3. The molecule has 1 aromatic heterocycles. The number of rotatable bonds is 9. The zero-order valence-electron chi connectivity index (χ0n) is 29.2. The second kappa shape index (κ2) is 13.9. The molecule has 3 heterocycles. The van der Waals surface area contributed by atoms with E-state index in [1.165, 1.54) is 11.3 Å². The van der Waals surface area contributed by atoms with Crippen LogP contribution in [0, 0.1) is 6.92 Å². The number of methoxy groups -OCH3 is 1. The Bertz CT molecular complexity index is 1550. The lowest BCUT2D eigenvalue weighted by Crippen LogP contribution is -2.66. The van der Waals surface area contributed by atoms with Gasteiger partial charge in [0.25, 0.3) is 11.1 Å². The smallest absolute Gasteiger partial charge is 0.411 e. The molecular formula is C35H48N4O8S. The van der Waals surface area contributed by atoms with E-state index in [0.29, 0.717) is 17.3 Å². The van der Waals surface area contributed by atoms with Crippen molar-refractivity contribution < 1.29 is 38.4 Å². The van der Waals surface area contributed by atoms with Crippen molar-refractivity contribution in [2.75, 3.05) is 33.4 Å². The van der Waals surface area contributed by atoms with Crippen molar-refractivity contribution in [2.45, 2.75) is 104 Å². The highest BCUT2D eigenvalue weighted by atomic mass is 32.1. The molecule has 2 aliphatic heterocycles. The number of hydrogen-bond donors (Lipinski definition) is 1. The quantitative estimate of drug-likeness (QED) is 0.369. The Morgan fingerprint density at radius 3 is 2.35 bits per heavy atom. The average molecular weight is 685 g/mol. The number of piperazine rings is 1. The zero-order valence-corrected chi connectivity index (χ0v) is 30.0. The van der Waals surface area contributed by atoms with Gasteiger partial charge in [-0.2, -0.15) is 0 Å². The van der Waals surface area contributed by atoms with Crippen LogP contribution in [0.25, 0.3) is 5.57 Å². The molecule has 1 N–H and O–H groups in total. The van der Waals surface area contributed by atoms with E-state index in [1.807, 2.05) is 71.6 Å². The molecule has 1 saturated carbocycles. The van der Waals surface area contributed by atoms with Gasteiger partial charge in [0.05, 0.1) is 30.7 Å². The highest BCUT2D eigenvalue weighted by Gasteiger charge is 2.51. The molecule has 1 aliphatic carbocycles. The number of carbonyl (C=O) groups excluding carboxylic acids is 3. The molecule has 5 rings (SSSR count). The van der Waals surface area contributed by atoms with E-state index in [1.54, 1.807) is 23.1 Å². The summed E-state index contributed by atoms with van der Waals surface area (Å²) in [6, 6.07) is 4.55. The first-order valence-corrected chi connectivity index (χ1v) is 17.3.